The van der Waals surface area contributed by atoms with E-state index in [4.69, 9.17) is 0 Å². The van der Waals surface area contributed by atoms with Crippen molar-refractivity contribution in [2.45, 2.75) is 38.0 Å². The lowest BCUT2D eigenvalue weighted by molar-refractivity contribution is 0.601. The maximum atomic E-state index is 12.3. The molecule has 2 rings (SSSR count). The van der Waals surface area contributed by atoms with Gasteiger partial charge in [-0.3, -0.25) is 4.72 Å². The lowest BCUT2D eigenvalue weighted by atomic mass is 10.2. The van der Waals surface area contributed by atoms with E-state index in [-0.39, 0.29) is 4.90 Å². The minimum absolute atomic E-state index is 0.268. The van der Waals surface area contributed by atoms with Crippen molar-refractivity contribution in [2.75, 3.05) is 16.6 Å². The van der Waals surface area contributed by atoms with Crippen molar-refractivity contribution in [1.29, 1.82) is 0 Å². The summed E-state index contributed by atoms with van der Waals surface area (Å²) in [6.45, 7) is 5.04. The van der Waals surface area contributed by atoms with Gasteiger partial charge in [0.15, 0.2) is 0 Å². The second-order valence-corrected chi connectivity index (χ2v) is 7.31. The molecule has 0 amide bonds. The third kappa shape index (κ3) is 5.28. The van der Waals surface area contributed by atoms with E-state index in [2.05, 4.69) is 17.0 Å². The predicted octanol–water partition coefficient (Wildman–Crippen LogP) is 4.40. The fourth-order valence-corrected chi connectivity index (χ4v) is 3.25. The zero-order chi connectivity index (χ0) is 16.7. The van der Waals surface area contributed by atoms with Gasteiger partial charge in [0.1, 0.15) is 0 Å². The van der Waals surface area contributed by atoms with Gasteiger partial charge in [0.25, 0.3) is 10.0 Å². The Labute approximate surface area is 139 Å². The number of rotatable bonds is 8. The highest BCUT2D eigenvalue weighted by Crippen LogP contribution is 2.18. The van der Waals surface area contributed by atoms with Gasteiger partial charge in [-0.05, 0) is 49.7 Å². The largest absolute Gasteiger partial charge is 0.385 e. The summed E-state index contributed by atoms with van der Waals surface area (Å²) in [4.78, 5) is 0.268. The van der Waals surface area contributed by atoms with Crippen LogP contribution in [0, 0.1) is 6.92 Å². The summed E-state index contributed by atoms with van der Waals surface area (Å²) in [5.74, 6) is 0. The molecular formula is C18H24N2O2S. The highest BCUT2D eigenvalue weighted by atomic mass is 32.2. The van der Waals surface area contributed by atoms with Crippen LogP contribution < -0.4 is 10.0 Å². The molecule has 0 saturated carbocycles. The van der Waals surface area contributed by atoms with Crippen LogP contribution in [0.25, 0.3) is 0 Å². The highest BCUT2D eigenvalue weighted by Gasteiger charge is 2.13. The molecule has 4 nitrogen and oxygen atoms in total. The summed E-state index contributed by atoms with van der Waals surface area (Å²) in [5.41, 5.74) is 2.59. The molecule has 2 aromatic rings. The molecule has 5 heteroatoms. The normalized spacial score (nSPS) is 11.2. The molecule has 124 valence electrons. The Kier molecular flexibility index (Phi) is 6.04. The minimum atomic E-state index is -3.54. The SMILES string of the molecule is CCCCCNc1ccc(NS(=O)(=O)c2ccc(C)cc2)cc1. The summed E-state index contributed by atoms with van der Waals surface area (Å²) in [7, 11) is -3.54. The average Bonchev–Trinajstić information content (AvgIpc) is 2.53. The molecule has 0 spiro atoms. The van der Waals surface area contributed by atoms with E-state index in [1.807, 2.05) is 19.1 Å². The molecular weight excluding hydrogens is 308 g/mol. The zero-order valence-electron chi connectivity index (χ0n) is 13.7. The van der Waals surface area contributed by atoms with Crippen molar-refractivity contribution < 1.29 is 8.42 Å². The first-order chi connectivity index (χ1) is 11.0. The number of hydrogen-bond acceptors (Lipinski definition) is 3. The Hall–Kier alpha value is -2.01. The van der Waals surface area contributed by atoms with Crippen LogP contribution >= 0.6 is 0 Å². The second kappa shape index (κ2) is 8.02. The third-order valence-corrected chi connectivity index (χ3v) is 4.98. The van der Waals surface area contributed by atoms with Crippen LogP contribution in [0.1, 0.15) is 31.7 Å². The van der Waals surface area contributed by atoms with Gasteiger partial charge in [-0.15, -0.1) is 0 Å². The van der Waals surface area contributed by atoms with Gasteiger partial charge in [0.2, 0.25) is 0 Å². The Balaban J connectivity index is 1.98. The number of anilines is 2. The van der Waals surface area contributed by atoms with Crippen LogP contribution in [-0.4, -0.2) is 15.0 Å². The number of aryl methyl sites for hydroxylation is 1. The van der Waals surface area contributed by atoms with Gasteiger partial charge in [-0.25, -0.2) is 8.42 Å². The lowest BCUT2D eigenvalue weighted by Crippen LogP contribution is -2.12. The monoisotopic (exact) mass is 332 g/mol. The van der Waals surface area contributed by atoms with Gasteiger partial charge in [0, 0.05) is 17.9 Å². The van der Waals surface area contributed by atoms with Crippen molar-refractivity contribution in [3.8, 4) is 0 Å². The molecule has 23 heavy (non-hydrogen) atoms. The van der Waals surface area contributed by atoms with E-state index in [1.165, 1.54) is 12.8 Å². The summed E-state index contributed by atoms with van der Waals surface area (Å²) >= 11 is 0. The maximum Gasteiger partial charge on any atom is 0.261 e. The standard InChI is InChI=1S/C18H24N2O2S/c1-3-4-5-14-19-16-8-10-17(11-9-16)20-23(21,22)18-12-6-15(2)7-13-18/h6-13,19-20H,3-5,14H2,1-2H3. The van der Waals surface area contributed by atoms with Crippen molar-refractivity contribution in [1.82, 2.24) is 0 Å². The summed E-state index contributed by atoms with van der Waals surface area (Å²) in [6, 6.07) is 14.1. The predicted molar refractivity (Wildman–Crippen MR) is 96.4 cm³/mol. The van der Waals surface area contributed by atoms with Gasteiger partial charge in [-0.2, -0.15) is 0 Å². The average molecular weight is 332 g/mol. The number of benzene rings is 2. The molecule has 0 atom stereocenters. The van der Waals surface area contributed by atoms with Gasteiger partial charge in [0.05, 0.1) is 4.90 Å². The smallest absolute Gasteiger partial charge is 0.261 e. The molecule has 0 aliphatic rings. The molecule has 0 fully saturated rings. The molecule has 2 aromatic carbocycles. The van der Waals surface area contributed by atoms with E-state index in [9.17, 15) is 8.42 Å². The Morgan fingerprint density at radius 3 is 2.09 bits per heavy atom. The van der Waals surface area contributed by atoms with Crippen molar-refractivity contribution in [3.63, 3.8) is 0 Å². The molecule has 0 unspecified atom stereocenters. The van der Waals surface area contributed by atoms with Crippen molar-refractivity contribution in [2.24, 2.45) is 0 Å². The maximum absolute atomic E-state index is 12.3. The van der Waals surface area contributed by atoms with E-state index in [0.717, 1.165) is 24.2 Å². The topological polar surface area (TPSA) is 58.2 Å². The van der Waals surface area contributed by atoms with Crippen LogP contribution in [0.5, 0.6) is 0 Å². The number of nitrogens with one attached hydrogen (secondary N) is 2. The second-order valence-electron chi connectivity index (χ2n) is 5.63. The Morgan fingerprint density at radius 2 is 1.48 bits per heavy atom. The molecule has 0 bridgehead atoms. The molecule has 2 N–H and O–H groups in total. The number of hydrogen-bond donors (Lipinski definition) is 2. The minimum Gasteiger partial charge on any atom is -0.385 e. The highest BCUT2D eigenvalue weighted by molar-refractivity contribution is 7.92. The summed E-state index contributed by atoms with van der Waals surface area (Å²) in [5, 5.41) is 3.33. The van der Waals surface area contributed by atoms with E-state index in [1.54, 1.807) is 36.4 Å². The van der Waals surface area contributed by atoms with E-state index in [0.29, 0.717) is 5.69 Å². The van der Waals surface area contributed by atoms with Gasteiger partial charge < -0.3 is 5.32 Å². The van der Waals surface area contributed by atoms with Gasteiger partial charge in [-0.1, -0.05) is 37.5 Å². The lowest BCUT2D eigenvalue weighted by Gasteiger charge is -2.10. The first-order valence-electron chi connectivity index (χ1n) is 7.94. The Bertz CT molecular complexity index is 708. The number of sulfonamides is 1. The van der Waals surface area contributed by atoms with Crippen LogP contribution in [-0.2, 0) is 10.0 Å². The van der Waals surface area contributed by atoms with E-state index < -0.39 is 10.0 Å². The van der Waals surface area contributed by atoms with E-state index >= 15 is 0 Å². The quantitative estimate of drug-likeness (QED) is 0.705. The fraction of sp³-hybridized carbons (Fsp3) is 0.333. The first kappa shape index (κ1) is 17.3. The fourth-order valence-electron chi connectivity index (χ4n) is 2.20. The molecule has 0 aliphatic carbocycles. The summed E-state index contributed by atoms with van der Waals surface area (Å²) < 4.78 is 27.2. The molecule has 0 saturated heterocycles. The van der Waals surface area contributed by atoms with Gasteiger partial charge >= 0.3 is 0 Å². The van der Waals surface area contributed by atoms with Crippen LogP contribution in [0.3, 0.4) is 0 Å². The number of unbranched alkanes of at least 4 members (excludes halogenated alkanes) is 2. The van der Waals surface area contributed by atoms with Crippen LogP contribution in [0.2, 0.25) is 0 Å². The van der Waals surface area contributed by atoms with Crippen molar-refractivity contribution >= 4 is 21.4 Å². The zero-order valence-corrected chi connectivity index (χ0v) is 14.5. The first-order valence-corrected chi connectivity index (χ1v) is 9.43. The molecule has 0 aliphatic heterocycles. The third-order valence-electron chi connectivity index (χ3n) is 3.58. The Morgan fingerprint density at radius 1 is 0.870 bits per heavy atom. The molecule has 0 aromatic heterocycles. The van der Waals surface area contributed by atoms with Crippen LogP contribution in [0.15, 0.2) is 53.4 Å². The van der Waals surface area contributed by atoms with Crippen molar-refractivity contribution in [3.05, 3.63) is 54.1 Å². The molecule has 0 radical (unpaired) electrons. The molecule has 0 heterocycles. The summed E-state index contributed by atoms with van der Waals surface area (Å²) in [6.07, 6.45) is 3.54. The van der Waals surface area contributed by atoms with Crippen LogP contribution in [0.4, 0.5) is 11.4 Å².